The van der Waals surface area contributed by atoms with E-state index in [1.54, 1.807) is 14.0 Å². The number of hydrogen-bond acceptors (Lipinski definition) is 3. The highest BCUT2D eigenvalue weighted by atomic mass is 16.5. The fraction of sp³-hybridized carbons (Fsp3) is 0.579. The van der Waals surface area contributed by atoms with E-state index in [4.69, 9.17) is 4.74 Å². The molecule has 1 heterocycles. The van der Waals surface area contributed by atoms with Crippen molar-refractivity contribution in [1.29, 1.82) is 0 Å². The van der Waals surface area contributed by atoms with Gasteiger partial charge in [-0.25, -0.2) is 0 Å². The number of aryl methyl sites for hydroxylation is 1. The highest BCUT2D eigenvalue weighted by Crippen LogP contribution is 2.36. The minimum atomic E-state index is 0.0947. The monoisotopic (exact) mass is 330 g/mol. The summed E-state index contributed by atoms with van der Waals surface area (Å²) in [4.78, 5) is 27.8. The first kappa shape index (κ1) is 16.8. The second-order valence-electron chi connectivity index (χ2n) is 6.74. The number of carbonyl (C=O) groups is 2. The van der Waals surface area contributed by atoms with Crippen LogP contribution in [-0.2, 0) is 16.0 Å². The summed E-state index contributed by atoms with van der Waals surface area (Å²) in [5.41, 5.74) is 2.62. The maximum absolute atomic E-state index is 12.7. The number of hydrogen-bond donors (Lipinski definition) is 0. The van der Waals surface area contributed by atoms with Crippen LogP contribution in [0, 0.1) is 0 Å². The second kappa shape index (κ2) is 7.24. The maximum Gasteiger partial charge on any atom is 0.223 e. The van der Waals surface area contributed by atoms with Crippen molar-refractivity contribution in [2.75, 3.05) is 33.3 Å². The molecule has 1 aliphatic heterocycles. The van der Waals surface area contributed by atoms with Gasteiger partial charge in [0.1, 0.15) is 5.75 Å². The molecule has 2 amide bonds. The molecule has 1 fully saturated rings. The van der Waals surface area contributed by atoms with Crippen LogP contribution in [0.5, 0.6) is 5.75 Å². The number of piperazine rings is 1. The lowest BCUT2D eigenvalue weighted by Crippen LogP contribution is -2.50. The number of nitrogens with zero attached hydrogens (tertiary/aromatic N) is 2. The summed E-state index contributed by atoms with van der Waals surface area (Å²) in [6.07, 6.45) is 3.82. The summed E-state index contributed by atoms with van der Waals surface area (Å²) >= 11 is 0. The number of rotatable bonds is 3. The Bertz CT molecular complexity index is 621. The van der Waals surface area contributed by atoms with Gasteiger partial charge in [-0.1, -0.05) is 6.07 Å². The summed E-state index contributed by atoms with van der Waals surface area (Å²) in [7, 11) is 1.69. The zero-order chi connectivity index (χ0) is 17.1. The molecule has 0 radical (unpaired) electrons. The van der Waals surface area contributed by atoms with Crippen LogP contribution in [0.2, 0.25) is 0 Å². The molecule has 0 aromatic heterocycles. The van der Waals surface area contributed by atoms with Crippen LogP contribution in [0.25, 0.3) is 0 Å². The molecule has 1 atom stereocenters. The van der Waals surface area contributed by atoms with Crippen molar-refractivity contribution in [1.82, 2.24) is 9.80 Å². The van der Waals surface area contributed by atoms with Gasteiger partial charge in [0.05, 0.1) is 7.11 Å². The number of fused-ring (bicyclic) bond motifs is 1. The first-order chi connectivity index (χ1) is 11.6. The fourth-order valence-electron chi connectivity index (χ4n) is 3.84. The molecule has 1 aromatic rings. The molecule has 0 spiro atoms. The molecule has 2 aliphatic rings. The molecule has 130 valence electrons. The molecule has 1 unspecified atom stereocenters. The number of methoxy groups -OCH3 is 1. The van der Waals surface area contributed by atoms with Crippen LogP contribution in [0.1, 0.15) is 43.2 Å². The molecule has 3 rings (SSSR count). The number of amides is 2. The van der Waals surface area contributed by atoms with Gasteiger partial charge in [-0.3, -0.25) is 9.59 Å². The zero-order valence-corrected chi connectivity index (χ0v) is 14.6. The lowest BCUT2D eigenvalue weighted by atomic mass is 9.80. The van der Waals surface area contributed by atoms with E-state index < -0.39 is 0 Å². The van der Waals surface area contributed by atoms with Crippen molar-refractivity contribution in [3.05, 3.63) is 29.3 Å². The lowest BCUT2D eigenvalue weighted by molar-refractivity contribution is -0.138. The van der Waals surface area contributed by atoms with Crippen LogP contribution < -0.4 is 4.74 Å². The Labute approximate surface area is 143 Å². The molecular formula is C19H26N2O3. The van der Waals surface area contributed by atoms with E-state index in [0.29, 0.717) is 38.5 Å². The van der Waals surface area contributed by atoms with Crippen LogP contribution in [0.4, 0.5) is 0 Å². The van der Waals surface area contributed by atoms with Crippen molar-refractivity contribution in [2.45, 2.75) is 38.5 Å². The molecule has 1 aliphatic carbocycles. The largest absolute Gasteiger partial charge is 0.497 e. The molecule has 0 saturated carbocycles. The van der Waals surface area contributed by atoms with Gasteiger partial charge < -0.3 is 14.5 Å². The van der Waals surface area contributed by atoms with Crippen LogP contribution in [0.15, 0.2) is 18.2 Å². The quantitative estimate of drug-likeness (QED) is 0.854. The average Bonchev–Trinajstić information content (AvgIpc) is 2.61. The van der Waals surface area contributed by atoms with E-state index in [9.17, 15) is 9.59 Å². The first-order valence-corrected chi connectivity index (χ1v) is 8.78. The van der Waals surface area contributed by atoms with Crippen molar-refractivity contribution in [2.24, 2.45) is 0 Å². The van der Waals surface area contributed by atoms with Gasteiger partial charge in [-0.05, 0) is 48.4 Å². The second-order valence-corrected chi connectivity index (χ2v) is 6.74. The fourth-order valence-corrected chi connectivity index (χ4v) is 3.84. The molecule has 0 N–H and O–H groups in total. The first-order valence-electron chi connectivity index (χ1n) is 8.78. The molecule has 1 aromatic carbocycles. The summed E-state index contributed by atoms with van der Waals surface area (Å²) in [6, 6.07) is 6.23. The highest BCUT2D eigenvalue weighted by molar-refractivity contribution is 5.78. The number of carbonyl (C=O) groups excluding carboxylic acids is 2. The van der Waals surface area contributed by atoms with Crippen LogP contribution in [-0.4, -0.2) is 54.9 Å². The van der Waals surface area contributed by atoms with Gasteiger partial charge in [-0.15, -0.1) is 0 Å². The molecule has 1 saturated heterocycles. The normalized spacial score (nSPS) is 20.5. The Morgan fingerprint density at radius 2 is 1.88 bits per heavy atom. The minimum absolute atomic E-state index is 0.0947. The zero-order valence-electron chi connectivity index (χ0n) is 14.6. The topological polar surface area (TPSA) is 49.9 Å². The number of ether oxygens (including phenoxy) is 1. The minimum Gasteiger partial charge on any atom is -0.497 e. The molecular weight excluding hydrogens is 304 g/mol. The third-order valence-corrected chi connectivity index (χ3v) is 5.29. The third kappa shape index (κ3) is 3.55. The van der Waals surface area contributed by atoms with Gasteiger partial charge >= 0.3 is 0 Å². The molecule has 5 nitrogen and oxygen atoms in total. The van der Waals surface area contributed by atoms with Gasteiger partial charge in [0.2, 0.25) is 11.8 Å². The third-order valence-electron chi connectivity index (χ3n) is 5.29. The van der Waals surface area contributed by atoms with Crippen molar-refractivity contribution in [3.63, 3.8) is 0 Å². The van der Waals surface area contributed by atoms with Crippen LogP contribution >= 0.6 is 0 Å². The van der Waals surface area contributed by atoms with Gasteiger partial charge in [-0.2, -0.15) is 0 Å². The van der Waals surface area contributed by atoms with E-state index in [0.717, 1.165) is 25.0 Å². The Morgan fingerprint density at radius 1 is 1.17 bits per heavy atom. The average molecular weight is 330 g/mol. The Morgan fingerprint density at radius 3 is 2.54 bits per heavy atom. The van der Waals surface area contributed by atoms with Crippen molar-refractivity contribution < 1.29 is 14.3 Å². The summed E-state index contributed by atoms with van der Waals surface area (Å²) in [5, 5.41) is 0. The Hall–Kier alpha value is -2.04. The van der Waals surface area contributed by atoms with Gasteiger partial charge in [0, 0.05) is 39.5 Å². The summed E-state index contributed by atoms with van der Waals surface area (Å²) < 4.78 is 5.31. The highest BCUT2D eigenvalue weighted by Gasteiger charge is 2.27. The van der Waals surface area contributed by atoms with Gasteiger partial charge in [0.25, 0.3) is 0 Å². The summed E-state index contributed by atoms with van der Waals surface area (Å²) in [5.74, 6) is 1.50. The van der Waals surface area contributed by atoms with Crippen molar-refractivity contribution >= 4 is 11.8 Å². The maximum atomic E-state index is 12.7. The van der Waals surface area contributed by atoms with Crippen molar-refractivity contribution in [3.8, 4) is 5.75 Å². The van der Waals surface area contributed by atoms with Gasteiger partial charge in [0.15, 0.2) is 0 Å². The SMILES string of the molecule is COc1ccc2c(c1)CCCC2CC(=O)N1CCN(C(C)=O)CC1. The predicted octanol–water partition coefficient (Wildman–Crippen LogP) is 2.20. The summed E-state index contributed by atoms with van der Waals surface area (Å²) in [6.45, 7) is 4.20. The standard InChI is InChI=1S/C19H26N2O3/c1-14(22)20-8-10-21(11-9-20)19(23)13-16-5-3-4-15-12-17(24-2)6-7-18(15)16/h6-7,12,16H,3-5,8-11,13H2,1-2H3. The molecule has 5 heteroatoms. The van der Waals surface area contributed by atoms with Crippen LogP contribution in [0.3, 0.4) is 0 Å². The van der Waals surface area contributed by atoms with E-state index in [1.807, 2.05) is 15.9 Å². The Kier molecular flexibility index (Phi) is 5.07. The lowest BCUT2D eigenvalue weighted by Gasteiger charge is -2.35. The Balaban J connectivity index is 1.63. The van der Waals surface area contributed by atoms with E-state index >= 15 is 0 Å². The number of benzene rings is 1. The molecule has 24 heavy (non-hydrogen) atoms. The predicted molar refractivity (Wildman–Crippen MR) is 92.1 cm³/mol. The van der Waals surface area contributed by atoms with E-state index in [1.165, 1.54) is 11.1 Å². The van der Waals surface area contributed by atoms with E-state index in [2.05, 4.69) is 12.1 Å². The molecule has 0 bridgehead atoms. The smallest absolute Gasteiger partial charge is 0.223 e. The van der Waals surface area contributed by atoms with E-state index in [-0.39, 0.29) is 11.8 Å².